The molecule has 1 aliphatic rings. The van der Waals surface area contributed by atoms with Gasteiger partial charge in [0, 0.05) is 0 Å². The lowest BCUT2D eigenvalue weighted by molar-refractivity contribution is -0.118. The van der Waals surface area contributed by atoms with Crippen molar-refractivity contribution in [2.45, 2.75) is 19.4 Å². The molecule has 0 radical (unpaired) electrons. The molecule has 1 amide bonds. The predicted molar refractivity (Wildman–Crippen MR) is 79.0 cm³/mol. The third-order valence-electron chi connectivity index (χ3n) is 3.47. The van der Waals surface area contributed by atoms with Crippen LogP contribution in [0.15, 0.2) is 48.5 Å². The fraction of sp³-hybridized carbons (Fsp3) is 0.235. The summed E-state index contributed by atoms with van der Waals surface area (Å²) in [6, 6.07) is 13.6. The van der Waals surface area contributed by atoms with Crippen molar-refractivity contribution in [3.8, 4) is 5.75 Å². The van der Waals surface area contributed by atoms with Crippen LogP contribution in [0.2, 0.25) is 0 Å². The molecular formula is C17H16FNO2. The van der Waals surface area contributed by atoms with Crippen molar-refractivity contribution in [3.63, 3.8) is 0 Å². The number of anilines is 1. The number of hydrogen-bond acceptors (Lipinski definition) is 2. The van der Waals surface area contributed by atoms with Gasteiger partial charge in [-0.25, -0.2) is 4.39 Å². The van der Waals surface area contributed by atoms with Crippen LogP contribution in [0.1, 0.15) is 12.5 Å². The first kappa shape index (κ1) is 13.6. The number of carbonyl (C=O) groups excluding carboxylic acids is 1. The standard InChI is InChI=1S/C17H16FNO2/c1-12-11-19(15-7-2-3-8-16(15)21-12)17(20)10-13-5-4-6-14(18)9-13/h2-9,12H,10-11H2,1H3. The first-order valence-corrected chi connectivity index (χ1v) is 6.94. The molecule has 0 saturated carbocycles. The molecule has 1 atom stereocenters. The molecule has 1 aliphatic heterocycles. The highest BCUT2D eigenvalue weighted by Gasteiger charge is 2.27. The van der Waals surface area contributed by atoms with Crippen LogP contribution in [-0.2, 0) is 11.2 Å². The Kier molecular flexibility index (Phi) is 3.60. The van der Waals surface area contributed by atoms with Gasteiger partial charge in [0.15, 0.2) is 0 Å². The van der Waals surface area contributed by atoms with Crippen molar-refractivity contribution >= 4 is 11.6 Å². The van der Waals surface area contributed by atoms with Gasteiger partial charge in [-0.2, -0.15) is 0 Å². The van der Waals surface area contributed by atoms with Gasteiger partial charge >= 0.3 is 0 Å². The van der Waals surface area contributed by atoms with Crippen LogP contribution in [0.25, 0.3) is 0 Å². The highest BCUT2D eigenvalue weighted by Crippen LogP contribution is 2.33. The Bertz CT molecular complexity index is 671. The number of ether oxygens (including phenoxy) is 1. The summed E-state index contributed by atoms with van der Waals surface area (Å²) in [7, 11) is 0. The van der Waals surface area contributed by atoms with Crippen LogP contribution in [-0.4, -0.2) is 18.6 Å². The van der Waals surface area contributed by atoms with Crippen LogP contribution < -0.4 is 9.64 Å². The van der Waals surface area contributed by atoms with Gasteiger partial charge in [0.25, 0.3) is 0 Å². The second-order valence-electron chi connectivity index (χ2n) is 5.21. The summed E-state index contributed by atoms with van der Waals surface area (Å²) in [6.45, 7) is 2.43. The first-order chi connectivity index (χ1) is 10.1. The molecule has 1 unspecified atom stereocenters. The van der Waals surface area contributed by atoms with Gasteiger partial charge in [-0.15, -0.1) is 0 Å². The van der Waals surface area contributed by atoms with Gasteiger partial charge in [-0.3, -0.25) is 4.79 Å². The molecule has 0 aromatic heterocycles. The van der Waals surface area contributed by atoms with E-state index in [1.807, 2.05) is 31.2 Å². The van der Waals surface area contributed by atoms with E-state index in [2.05, 4.69) is 0 Å². The zero-order valence-corrected chi connectivity index (χ0v) is 11.8. The van der Waals surface area contributed by atoms with Gasteiger partial charge < -0.3 is 9.64 Å². The quantitative estimate of drug-likeness (QED) is 0.848. The smallest absolute Gasteiger partial charge is 0.231 e. The minimum Gasteiger partial charge on any atom is -0.487 e. The molecule has 108 valence electrons. The largest absolute Gasteiger partial charge is 0.487 e. The molecule has 0 bridgehead atoms. The number of hydrogen-bond donors (Lipinski definition) is 0. The first-order valence-electron chi connectivity index (χ1n) is 6.94. The lowest BCUT2D eigenvalue weighted by atomic mass is 10.1. The summed E-state index contributed by atoms with van der Waals surface area (Å²) < 4.78 is 18.9. The summed E-state index contributed by atoms with van der Waals surface area (Å²) in [5, 5.41) is 0. The molecule has 1 heterocycles. The molecule has 0 saturated heterocycles. The maximum Gasteiger partial charge on any atom is 0.231 e. The highest BCUT2D eigenvalue weighted by atomic mass is 19.1. The monoisotopic (exact) mass is 285 g/mol. The second-order valence-corrected chi connectivity index (χ2v) is 5.21. The van der Waals surface area contributed by atoms with E-state index in [0.717, 1.165) is 5.69 Å². The third kappa shape index (κ3) is 2.89. The number of benzene rings is 2. The Morgan fingerprint density at radius 1 is 1.29 bits per heavy atom. The van der Waals surface area contributed by atoms with Gasteiger partial charge in [-0.1, -0.05) is 24.3 Å². The van der Waals surface area contributed by atoms with Crippen LogP contribution >= 0.6 is 0 Å². The number of halogens is 1. The number of amides is 1. The van der Waals surface area contributed by atoms with E-state index in [0.29, 0.717) is 17.9 Å². The molecule has 0 spiro atoms. The fourth-order valence-electron chi connectivity index (χ4n) is 2.54. The lowest BCUT2D eigenvalue weighted by Gasteiger charge is -2.33. The molecule has 21 heavy (non-hydrogen) atoms. The summed E-state index contributed by atoms with van der Waals surface area (Å²) in [6.07, 6.45) is 0.120. The van der Waals surface area contributed by atoms with E-state index < -0.39 is 0 Å². The lowest BCUT2D eigenvalue weighted by Crippen LogP contribution is -2.43. The van der Waals surface area contributed by atoms with E-state index in [9.17, 15) is 9.18 Å². The van der Waals surface area contributed by atoms with E-state index in [1.165, 1.54) is 12.1 Å². The molecule has 0 N–H and O–H groups in total. The Labute approximate surface area is 123 Å². The predicted octanol–water partition coefficient (Wildman–Crippen LogP) is 3.18. The van der Waals surface area contributed by atoms with Crippen LogP contribution in [0.4, 0.5) is 10.1 Å². The highest BCUT2D eigenvalue weighted by molar-refractivity contribution is 5.96. The molecule has 4 heteroatoms. The number of rotatable bonds is 2. The molecule has 0 fully saturated rings. The van der Waals surface area contributed by atoms with E-state index in [4.69, 9.17) is 4.74 Å². The van der Waals surface area contributed by atoms with Gasteiger partial charge in [0.05, 0.1) is 18.7 Å². The molecule has 2 aromatic carbocycles. The fourth-order valence-corrected chi connectivity index (χ4v) is 2.54. The SMILES string of the molecule is CC1CN(C(=O)Cc2cccc(F)c2)c2ccccc2O1. The second kappa shape index (κ2) is 5.56. The zero-order chi connectivity index (χ0) is 14.8. The minimum absolute atomic E-state index is 0.0526. The average molecular weight is 285 g/mol. The summed E-state index contributed by atoms with van der Waals surface area (Å²) in [5.41, 5.74) is 1.45. The van der Waals surface area contributed by atoms with E-state index in [1.54, 1.807) is 17.0 Å². The van der Waals surface area contributed by atoms with Crippen molar-refractivity contribution in [2.75, 3.05) is 11.4 Å². The van der Waals surface area contributed by atoms with Gasteiger partial charge in [0.1, 0.15) is 17.7 Å². The van der Waals surface area contributed by atoms with E-state index in [-0.39, 0.29) is 24.2 Å². The normalized spacial score (nSPS) is 17.0. The number of carbonyl (C=O) groups is 1. The Morgan fingerprint density at radius 2 is 2.10 bits per heavy atom. The average Bonchev–Trinajstić information content (AvgIpc) is 2.46. The molecule has 3 rings (SSSR count). The van der Waals surface area contributed by atoms with Crippen molar-refractivity contribution in [1.29, 1.82) is 0 Å². The summed E-state index contributed by atoms with van der Waals surface area (Å²) >= 11 is 0. The number of para-hydroxylation sites is 2. The molecular weight excluding hydrogens is 269 g/mol. The molecule has 0 aliphatic carbocycles. The van der Waals surface area contributed by atoms with Crippen LogP contribution in [0, 0.1) is 5.82 Å². The summed E-state index contributed by atoms with van der Waals surface area (Å²) in [5.74, 6) is 0.336. The minimum atomic E-state index is -0.323. The molecule has 2 aromatic rings. The number of fused-ring (bicyclic) bond motifs is 1. The summed E-state index contributed by atoms with van der Waals surface area (Å²) in [4.78, 5) is 14.3. The zero-order valence-electron chi connectivity index (χ0n) is 11.8. The Morgan fingerprint density at radius 3 is 2.90 bits per heavy atom. The van der Waals surface area contributed by atoms with Crippen LogP contribution in [0.3, 0.4) is 0 Å². The maximum absolute atomic E-state index is 13.2. The van der Waals surface area contributed by atoms with Crippen molar-refractivity contribution in [1.82, 2.24) is 0 Å². The van der Waals surface area contributed by atoms with Crippen molar-refractivity contribution in [3.05, 3.63) is 59.9 Å². The van der Waals surface area contributed by atoms with Crippen molar-refractivity contribution < 1.29 is 13.9 Å². The third-order valence-corrected chi connectivity index (χ3v) is 3.47. The van der Waals surface area contributed by atoms with Crippen LogP contribution in [0.5, 0.6) is 5.75 Å². The van der Waals surface area contributed by atoms with Gasteiger partial charge in [-0.05, 0) is 36.8 Å². The van der Waals surface area contributed by atoms with E-state index >= 15 is 0 Å². The Balaban J connectivity index is 1.85. The maximum atomic E-state index is 13.2. The Hall–Kier alpha value is -2.36. The van der Waals surface area contributed by atoms with Crippen molar-refractivity contribution in [2.24, 2.45) is 0 Å². The van der Waals surface area contributed by atoms with Gasteiger partial charge in [0.2, 0.25) is 5.91 Å². The number of nitrogens with zero attached hydrogens (tertiary/aromatic N) is 1. The topological polar surface area (TPSA) is 29.5 Å². The molecule has 3 nitrogen and oxygen atoms in total.